The van der Waals surface area contributed by atoms with Crippen LogP contribution >= 0.6 is 11.8 Å². The van der Waals surface area contributed by atoms with E-state index in [-0.39, 0.29) is 11.7 Å². The van der Waals surface area contributed by atoms with Gasteiger partial charge in [-0.3, -0.25) is 14.4 Å². The van der Waals surface area contributed by atoms with Crippen LogP contribution in [0.3, 0.4) is 0 Å². The molecule has 0 N–H and O–H groups in total. The van der Waals surface area contributed by atoms with Crippen molar-refractivity contribution in [1.29, 1.82) is 0 Å². The van der Waals surface area contributed by atoms with Crippen LogP contribution in [0.1, 0.15) is 40.2 Å². The van der Waals surface area contributed by atoms with Gasteiger partial charge in [-0.25, -0.2) is 9.79 Å². The number of carbonyl (C=O) groups is 3. The molecule has 0 saturated carbocycles. The molecule has 0 bridgehead atoms. The first kappa shape index (κ1) is 26.3. The predicted molar refractivity (Wildman–Crippen MR) is 129 cm³/mol. The van der Waals surface area contributed by atoms with E-state index in [1.165, 1.54) is 38.6 Å². The molecule has 0 unspecified atom stereocenters. The minimum absolute atomic E-state index is 0.237. The lowest BCUT2D eigenvalue weighted by molar-refractivity contribution is -0.181. The lowest BCUT2D eigenvalue weighted by atomic mass is 10.1. The van der Waals surface area contributed by atoms with E-state index in [1.54, 1.807) is 25.1 Å². The fourth-order valence-corrected chi connectivity index (χ4v) is 5.04. The van der Waals surface area contributed by atoms with Crippen LogP contribution in [0.2, 0.25) is 0 Å². The second-order valence-electron chi connectivity index (χ2n) is 7.87. The molecule has 35 heavy (non-hydrogen) atoms. The Bertz CT molecular complexity index is 1210. The van der Waals surface area contributed by atoms with Gasteiger partial charge in [0.15, 0.2) is 24.2 Å². The zero-order valence-corrected chi connectivity index (χ0v) is 20.9. The van der Waals surface area contributed by atoms with Gasteiger partial charge in [-0.05, 0) is 24.1 Å². The summed E-state index contributed by atoms with van der Waals surface area (Å²) in [6.45, 7) is 7.25. The predicted octanol–water partition coefficient (Wildman–Crippen LogP) is 3.02. The summed E-state index contributed by atoms with van der Waals surface area (Å²) in [5.41, 5.74) is 0.817. The van der Waals surface area contributed by atoms with Gasteiger partial charge in [-0.1, -0.05) is 6.92 Å². The molecule has 0 amide bonds. The van der Waals surface area contributed by atoms with Crippen molar-refractivity contribution in [3.05, 3.63) is 40.2 Å². The molecule has 4 atom stereocenters. The molecule has 2 heterocycles. The fourth-order valence-electron chi connectivity index (χ4n) is 3.78. The maximum Gasteiger partial charge on any atom is 0.336 e. The van der Waals surface area contributed by atoms with Crippen molar-refractivity contribution in [3.8, 4) is 5.75 Å². The largest absolute Gasteiger partial charge is 0.458 e. The molecule has 2 aromatic rings. The molecule has 10 nitrogen and oxygen atoms in total. The first-order valence-electron chi connectivity index (χ1n) is 11.0. The summed E-state index contributed by atoms with van der Waals surface area (Å²) in [4.78, 5) is 51.4. The molecule has 1 aliphatic rings. The Balaban J connectivity index is 1.87. The summed E-state index contributed by atoms with van der Waals surface area (Å²) in [6.07, 6.45) is -2.18. The van der Waals surface area contributed by atoms with E-state index in [0.717, 1.165) is 10.9 Å². The van der Waals surface area contributed by atoms with Crippen LogP contribution in [0.4, 0.5) is 0 Å². The molecule has 0 spiro atoms. The van der Waals surface area contributed by atoms with Gasteiger partial charge in [0.1, 0.15) is 16.7 Å². The maximum atomic E-state index is 11.8. The Labute approximate surface area is 206 Å². The number of hydrogen-bond acceptors (Lipinski definition) is 11. The first-order chi connectivity index (χ1) is 16.6. The van der Waals surface area contributed by atoms with Crippen molar-refractivity contribution < 1.29 is 37.7 Å². The average Bonchev–Trinajstić information content (AvgIpc) is 2.75. The molecule has 0 radical (unpaired) electrons. The van der Waals surface area contributed by atoms with E-state index in [2.05, 4.69) is 4.99 Å². The molecule has 1 fully saturated rings. The molecular weight excluding hydrogens is 478 g/mol. The zero-order chi connectivity index (χ0) is 25.7. The second kappa shape index (κ2) is 11.4. The topological polar surface area (TPSA) is 131 Å². The fraction of sp³-hybridized carbons (Fsp3) is 0.458. The van der Waals surface area contributed by atoms with E-state index in [1.807, 2.05) is 6.92 Å². The van der Waals surface area contributed by atoms with Gasteiger partial charge >= 0.3 is 23.5 Å². The van der Waals surface area contributed by atoms with E-state index in [0.29, 0.717) is 17.8 Å². The van der Waals surface area contributed by atoms with Crippen LogP contribution in [-0.2, 0) is 35.0 Å². The van der Waals surface area contributed by atoms with Crippen molar-refractivity contribution in [2.24, 2.45) is 4.99 Å². The quantitative estimate of drug-likeness (QED) is 0.190. The number of fused-ring (bicyclic) bond motifs is 1. The standard InChI is InChI=1S/C24H27NO9S/c1-6-16-9-21(29)34-19-10-17(7-8-18(16)19)30-12(2)25-24-23(33-15(5)28)22(32-14(4)27)20(11-35-24)31-13(3)26/h7-10,20,22-24H,6,11H2,1-5H3/b25-12+/t20-,22+,23-,24+/m1/s1. The van der Waals surface area contributed by atoms with E-state index >= 15 is 0 Å². The molecular formula is C24H27NO9S. The van der Waals surface area contributed by atoms with Gasteiger partial charge in [-0.15, -0.1) is 11.8 Å². The van der Waals surface area contributed by atoms with Crippen molar-refractivity contribution >= 4 is 46.5 Å². The molecule has 1 aromatic carbocycles. The molecule has 3 rings (SSSR count). The monoisotopic (exact) mass is 505 g/mol. The highest BCUT2D eigenvalue weighted by atomic mass is 32.2. The smallest absolute Gasteiger partial charge is 0.336 e. The van der Waals surface area contributed by atoms with Gasteiger partial charge in [0.05, 0.1) is 0 Å². The Morgan fingerprint density at radius 3 is 2.29 bits per heavy atom. The number of ether oxygens (including phenoxy) is 4. The van der Waals surface area contributed by atoms with Gasteiger partial charge < -0.3 is 23.4 Å². The highest BCUT2D eigenvalue weighted by Gasteiger charge is 2.46. The molecule has 1 saturated heterocycles. The number of aryl methyl sites for hydroxylation is 1. The summed E-state index contributed by atoms with van der Waals surface area (Å²) in [6, 6.07) is 6.60. The lowest BCUT2D eigenvalue weighted by Gasteiger charge is -2.38. The van der Waals surface area contributed by atoms with Crippen LogP contribution in [0.5, 0.6) is 5.75 Å². The van der Waals surface area contributed by atoms with E-state index in [4.69, 9.17) is 23.4 Å². The summed E-state index contributed by atoms with van der Waals surface area (Å²) in [5.74, 6) is -0.875. The minimum Gasteiger partial charge on any atom is -0.458 e. The van der Waals surface area contributed by atoms with Crippen LogP contribution in [0, 0.1) is 0 Å². The zero-order valence-electron chi connectivity index (χ0n) is 20.1. The third kappa shape index (κ3) is 6.84. The van der Waals surface area contributed by atoms with Crippen molar-refractivity contribution in [1.82, 2.24) is 0 Å². The number of nitrogens with zero attached hydrogens (tertiary/aromatic N) is 1. The lowest BCUT2D eigenvalue weighted by Crippen LogP contribution is -2.54. The van der Waals surface area contributed by atoms with E-state index < -0.39 is 47.2 Å². The Morgan fingerprint density at radius 2 is 1.66 bits per heavy atom. The molecule has 1 aliphatic heterocycles. The highest BCUT2D eigenvalue weighted by Crippen LogP contribution is 2.34. The molecule has 188 valence electrons. The third-order valence-corrected chi connectivity index (χ3v) is 6.32. The van der Waals surface area contributed by atoms with Crippen molar-refractivity contribution in [2.45, 2.75) is 64.7 Å². The maximum absolute atomic E-state index is 11.8. The van der Waals surface area contributed by atoms with Gasteiger partial charge in [0.25, 0.3) is 0 Å². The van der Waals surface area contributed by atoms with Gasteiger partial charge in [0, 0.05) is 51.0 Å². The number of esters is 3. The number of rotatable bonds is 6. The Hall–Kier alpha value is -3.34. The first-order valence-corrected chi connectivity index (χ1v) is 12.0. The van der Waals surface area contributed by atoms with Gasteiger partial charge in [0.2, 0.25) is 0 Å². The average molecular weight is 506 g/mol. The van der Waals surface area contributed by atoms with Crippen LogP contribution in [0.25, 0.3) is 11.0 Å². The van der Waals surface area contributed by atoms with Gasteiger partial charge in [-0.2, -0.15) is 0 Å². The van der Waals surface area contributed by atoms with Crippen LogP contribution < -0.4 is 10.4 Å². The number of benzene rings is 1. The van der Waals surface area contributed by atoms with Crippen LogP contribution in [-0.4, -0.2) is 53.2 Å². The summed E-state index contributed by atoms with van der Waals surface area (Å²) < 4.78 is 27.2. The summed E-state index contributed by atoms with van der Waals surface area (Å²) in [5, 5.41) is 0.118. The third-order valence-electron chi connectivity index (χ3n) is 5.08. The summed E-state index contributed by atoms with van der Waals surface area (Å²) >= 11 is 1.27. The molecule has 1 aromatic heterocycles. The minimum atomic E-state index is -1.04. The summed E-state index contributed by atoms with van der Waals surface area (Å²) in [7, 11) is 0. The number of thioether (sulfide) groups is 1. The Morgan fingerprint density at radius 1 is 1.00 bits per heavy atom. The second-order valence-corrected chi connectivity index (χ2v) is 9.02. The van der Waals surface area contributed by atoms with Crippen LogP contribution in [0.15, 0.2) is 38.5 Å². The molecule has 11 heteroatoms. The van der Waals surface area contributed by atoms with Crippen molar-refractivity contribution in [2.75, 3.05) is 5.75 Å². The SMILES string of the molecule is CCc1cc(=O)oc2cc(O/C(C)=N/[C@H]3SC[C@@H](OC(C)=O)[C@H](OC(C)=O)[C@H]3OC(C)=O)ccc12. The normalized spacial score (nSPS) is 22.4. The Kier molecular flexibility index (Phi) is 8.55. The number of hydrogen-bond donors (Lipinski definition) is 0. The van der Waals surface area contributed by atoms with E-state index in [9.17, 15) is 19.2 Å². The highest BCUT2D eigenvalue weighted by molar-refractivity contribution is 8.00. The van der Waals surface area contributed by atoms with Crippen molar-refractivity contribution in [3.63, 3.8) is 0 Å². The molecule has 0 aliphatic carbocycles. The number of aliphatic imine (C=N–C) groups is 1. The number of carbonyl (C=O) groups excluding carboxylic acids is 3.